The summed E-state index contributed by atoms with van der Waals surface area (Å²) in [5.74, 6) is -1.68. The molecule has 0 aliphatic carbocycles. The Morgan fingerprint density at radius 3 is 2.52 bits per heavy atom. The topological polar surface area (TPSA) is 126 Å². The fraction of sp³-hybridized carbons (Fsp3) is 0.389. The van der Waals surface area contributed by atoms with Gasteiger partial charge >= 0.3 is 0 Å². The predicted octanol–water partition coefficient (Wildman–Crippen LogP) is 0.0247. The average Bonchev–Trinajstić information content (AvgIpc) is 3.12. The molecule has 1 saturated heterocycles. The summed E-state index contributed by atoms with van der Waals surface area (Å²) < 4.78 is 27.9. The van der Waals surface area contributed by atoms with Crippen molar-refractivity contribution >= 4 is 33.2 Å². The lowest BCUT2D eigenvalue weighted by molar-refractivity contribution is -0.138. The third-order valence-corrected chi connectivity index (χ3v) is 6.87. The minimum atomic E-state index is -4.16. The molecule has 0 radical (unpaired) electrons. The maximum absolute atomic E-state index is 12.9. The summed E-state index contributed by atoms with van der Waals surface area (Å²) in [7, 11) is -2.23. The molecule has 0 bridgehead atoms. The Morgan fingerprint density at radius 1 is 1.24 bits per heavy atom. The highest BCUT2D eigenvalue weighted by Gasteiger charge is 2.34. The number of primary amides is 1. The molecule has 156 valence electrons. The lowest BCUT2D eigenvalue weighted by Gasteiger charge is -2.34. The zero-order valence-corrected chi connectivity index (χ0v) is 17.8. The maximum Gasteiger partial charge on any atom is 0.250 e. The van der Waals surface area contributed by atoms with E-state index in [0.29, 0.717) is 37.4 Å². The summed E-state index contributed by atoms with van der Waals surface area (Å²) in [5.41, 5.74) is 6.63. The van der Waals surface area contributed by atoms with E-state index in [1.165, 1.54) is 28.4 Å². The van der Waals surface area contributed by atoms with Crippen LogP contribution in [0.4, 0.5) is 0 Å². The molecule has 0 spiro atoms. The molecule has 3 rings (SSSR count). The lowest BCUT2D eigenvalue weighted by Crippen LogP contribution is -2.58. The number of carbonyl (C=O) groups is 2. The van der Waals surface area contributed by atoms with Crippen molar-refractivity contribution in [1.82, 2.24) is 19.5 Å². The Balaban J connectivity index is 1.82. The van der Waals surface area contributed by atoms with E-state index in [0.717, 1.165) is 5.01 Å². The third kappa shape index (κ3) is 4.99. The van der Waals surface area contributed by atoms with Crippen LogP contribution < -0.4 is 10.5 Å². The molecule has 29 heavy (non-hydrogen) atoms. The monoisotopic (exact) mass is 437 g/mol. The van der Waals surface area contributed by atoms with E-state index < -0.39 is 27.9 Å². The molecule has 1 aliphatic heterocycles. The zero-order valence-electron chi connectivity index (χ0n) is 16.2. The number of hydrogen-bond donors (Lipinski definition) is 2. The quantitative estimate of drug-likeness (QED) is 0.614. The molecule has 2 heterocycles. The Morgan fingerprint density at radius 2 is 1.93 bits per heavy atom. The van der Waals surface area contributed by atoms with Crippen LogP contribution in [-0.2, 0) is 19.6 Å². The molecule has 11 heteroatoms. The van der Waals surface area contributed by atoms with Crippen LogP contribution in [0.25, 0.3) is 11.3 Å². The van der Waals surface area contributed by atoms with Crippen molar-refractivity contribution in [3.05, 3.63) is 34.7 Å². The van der Waals surface area contributed by atoms with E-state index in [1.807, 2.05) is 24.3 Å². The van der Waals surface area contributed by atoms with Crippen molar-refractivity contribution in [2.75, 3.05) is 33.2 Å². The highest BCUT2D eigenvalue weighted by atomic mass is 32.2. The van der Waals surface area contributed by atoms with Gasteiger partial charge in [-0.1, -0.05) is 12.1 Å². The molecule has 1 aromatic heterocycles. The molecule has 1 aliphatic rings. The van der Waals surface area contributed by atoms with Crippen LogP contribution in [0.3, 0.4) is 0 Å². The number of aryl methyl sites for hydroxylation is 1. The molecule has 1 atom stereocenters. The number of piperazine rings is 1. The number of benzene rings is 1. The fourth-order valence-electron chi connectivity index (χ4n) is 2.98. The highest BCUT2D eigenvalue weighted by Crippen LogP contribution is 2.24. The molecule has 1 aromatic carbocycles. The van der Waals surface area contributed by atoms with Gasteiger partial charge in [-0.2, -0.15) is 4.72 Å². The van der Waals surface area contributed by atoms with E-state index in [2.05, 4.69) is 9.71 Å². The van der Waals surface area contributed by atoms with Crippen LogP contribution in [0.5, 0.6) is 0 Å². The minimum Gasteiger partial charge on any atom is -0.368 e. The van der Waals surface area contributed by atoms with Crippen molar-refractivity contribution in [2.24, 2.45) is 5.73 Å². The number of rotatable bonds is 6. The third-order valence-electron chi connectivity index (χ3n) is 4.68. The Bertz CT molecular complexity index is 1010. The van der Waals surface area contributed by atoms with Gasteiger partial charge in [0.2, 0.25) is 15.9 Å². The lowest BCUT2D eigenvalue weighted by atomic mass is 10.2. The molecule has 3 N–H and O–H groups in total. The number of nitrogens with one attached hydrogen (secondary N) is 1. The molecule has 0 saturated carbocycles. The van der Waals surface area contributed by atoms with Crippen molar-refractivity contribution in [3.8, 4) is 11.3 Å². The Labute approximate surface area is 173 Å². The number of amides is 2. The average molecular weight is 438 g/mol. The highest BCUT2D eigenvalue weighted by molar-refractivity contribution is 7.89. The number of nitrogens with zero attached hydrogens (tertiary/aromatic N) is 3. The number of sulfonamides is 1. The molecule has 2 amide bonds. The molecule has 1 fully saturated rings. The molecule has 2 aromatic rings. The van der Waals surface area contributed by atoms with E-state index >= 15 is 0 Å². The number of likely N-dealkylation sites (N-methyl/N-ethyl adjacent to an activating group) is 1. The maximum atomic E-state index is 12.9. The number of hydrogen-bond acceptors (Lipinski definition) is 7. The molecule has 9 nitrogen and oxygen atoms in total. The Kier molecular flexibility index (Phi) is 6.32. The first-order chi connectivity index (χ1) is 13.7. The second-order valence-electron chi connectivity index (χ2n) is 6.86. The number of nitrogens with two attached hydrogens (primary N) is 1. The summed E-state index contributed by atoms with van der Waals surface area (Å²) in [6.07, 6.45) is 0. The van der Waals surface area contributed by atoms with Gasteiger partial charge in [0.1, 0.15) is 0 Å². The van der Waals surface area contributed by atoms with Gasteiger partial charge in [0.05, 0.1) is 15.6 Å². The van der Waals surface area contributed by atoms with Gasteiger partial charge < -0.3 is 15.5 Å². The summed E-state index contributed by atoms with van der Waals surface area (Å²) in [5, 5.41) is 2.69. The van der Waals surface area contributed by atoms with Gasteiger partial charge in [0, 0.05) is 37.1 Å². The summed E-state index contributed by atoms with van der Waals surface area (Å²) in [6, 6.07) is 4.52. The first kappa shape index (κ1) is 21.4. The van der Waals surface area contributed by atoms with Crippen LogP contribution in [0.1, 0.15) is 5.01 Å². The van der Waals surface area contributed by atoms with Crippen molar-refractivity contribution in [2.45, 2.75) is 17.9 Å². The largest absolute Gasteiger partial charge is 0.368 e. The first-order valence-electron chi connectivity index (χ1n) is 8.99. The van der Waals surface area contributed by atoms with E-state index in [1.54, 1.807) is 12.1 Å². The van der Waals surface area contributed by atoms with Gasteiger partial charge in [-0.05, 0) is 26.1 Å². The first-order valence-corrected chi connectivity index (χ1v) is 11.4. The van der Waals surface area contributed by atoms with E-state index in [9.17, 15) is 18.0 Å². The second-order valence-corrected chi connectivity index (χ2v) is 9.64. The minimum absolute atomic E-state index is 0.0712. The van der Waals surface area contributed by atoms with E-state index in [4.69, 9.17) is 5.73 Å². The van der Waals surface area contributed by atoms with Crippen LogP contribution in [0, 0.1) is 6.92 Å². The van der Waals surface area contributed by atoms with Crippen LogP contribution in [-0.4, -0.2) is 74.3 Å². The SMILES string of the molecule is Cc1nc(-c2cccc(S(=O)(=O)N[C@@H](C(N)=O)C(=O)N3CCN(C)CC3)c2)cs1. The normalized spacial score (nSPS) is 16.6. The summed E-state index contributed by atoms with van der Waals surface area (Å²) >= 11 is 1.46. The number of thiazole rings is 1. The standard InChI is InChI=1S/C18H23N5O4S2/c1-12-20-15(11-28-12)13-4-3-5-14(10-13)29(26,27)21-16(17(19)24)18(25)23-8-6-22(2)7-9-23/h3-5,10-11,16,21H,6-9H2,1-2H3,(H2,19,24)/t16-/m0/s1. The second kappa shape index (κ2) is 8.57. The van der Waals surface area contributed by atoms with Crippen LogP contribution >= 0.6 is 11.3 Å². The number of aromatic nitrogens is 1. The van der Waals surface area contributed by atoms with Crippen LogP contribution in [0.15, 0.2) is 34.5 Å². The smallest absolute Gasteiger partial charge is 0.250 e. The summed E-state index contributed by atoms with van der Waals surface area (Å²) in [6.45, 7) is 3.94. The van der Waals surface area contributed by atoms with Gasteiger partial charge in [-0.3, -0.25) is 9.59 Å². The van der Waals surface area contributed by atoms with Gasteiger partial charge in [0.25, 0.3) is 5.91 Å². The molecule has 0 unspecified atom stereocenters. The predicted molar refractivity (Wildman–Crippen MR) is 110 cm³/mol. The summed E-state index contributed by atoms with van der Waals surface area (Å²) in [4.78, 5) is 32.4. The van der Waals surface area contributed by atoms with Crippen molar-refractivity contribution in [1.29, 1.82) is 0 Å². The van der Waals surface area contributed by atoms with E-state index in [-0.39, 0.29) is 4.90 Å². The van der Waals surface area contributed by atoms with Crippen LogP contribution in [0.2, 0.25) is 0 Å². The van der Waals surface area contributed by atoms with Crippen molar-refractivity contribution in [3.63, 3.8) is 0 Å². The Hall–Kier alpha value is -2.34. The number of carbonyl (C=O) groups excluding carboxylic acids is 2. The van der Waals surface area contributed by atoms with Gasteiger partial charge in [-0.25, -0.2) is 13.4 Å². The van der Waals surface area contributed by atoms with Crippen molar-refractivity contribution < 1.29 is 18.0 Å². The molecular formula is C18H23N5O4S2. The molecular weight excluding hydrogens is 414 g/mol. The zero-order chi connectivity index (χ0) is 21.2. The van der Waals surface area contributed by atoms with Gasteiger partial charge in [-0.15, -0.1) is 11.3 Å². The fourth-order valence-corrected chi connectivity index (χ4v) is 4.81. The van der Waals surface area contributed by atoms with Gasteiger partial charge in [0.15, 0.2) is 6.04 Å².